The third kappa shape index (κ3) is 2.92. The van der Waals surface area contributed by atoms with Gasteiger partial charge in [-0.3, -0.25) is 0 Å². The van der Waals surface area contributed by atoms with Gasteiger partial charge in [-0.25, -0.2) is 4.98 Å². The van der Waals surface area contributed by atoms with Gasteiger partial charge in [-0.2, -0.15) is 4.37 Å². The Labute approximate surface area is 101 Å². The molecule has 1 N–H and O–H groups in total. The number of aromatic nitrogens is 2. The quantitative estimate of drug-likeness (QED) is 0.874. The summed E-state index contributed by atoms with van der Waals surface area (Å²) >= 11 is 1.49. The molecule has 0 aromatic carbocycles. The highest BCUT2D eigenvalue weighted by Gasteiger charge is 2.19. The maximum Gasteiger partial charge on any atom is 0.202 e. The lowest BCUT2D eigenvalue weighted by Gasteiger charge is -2.31. The van der Waals surface area contributed by atoms with Crippen molar-refractivity contribution in [2.75, 3.05) is 25.0 Å². The highest BCUT2D eigenvalue weighted by atomic mass is 32.1. The number of rotatable bonds is 4. The minimum Gasteiger partial charge on any atom is -0.356 e. The van der Waals surface area contributed by atoms with Crippen LogP contribution in [0.15, 0.2) is 0 Å². The lowest BCUT2D eigenvalue weighted by molar-refractivity contribution is 0.227. The molecule has 0 spiro atoms. The van der Waals surface area contributed by atoms with E-state index in [2.05, 4.69) is 33.4 Å². The van der Waals surface area contributed by atoms with Crippen LogP contribution in [-0.2, 0) is 6.42 Å². The number of likely N-dealkylation sites (N-methyl/N-ethyl adjacent to an activating group) is 1. The highest BCUT2D eigenvalue weighted by Crippen LogP contribution is 2.17. The molecule has 1 atom stereocenters. The number of likely N-dealkylation sites (tertiary alicyclic amines) is 1. The molecule has 0 amide bonds. The molecule has 4 nitrogen and oxygen atoms in total. The molecule has 1 fully saturated rings. The Kier molecular flexibility index (Phi) is 4.12. The van der Waals surface area contributed by atoms with E-state index >= 15 is 0 Å². The Balaban J connectivity index is 1.88. The van der Waals surface area contributed by atoms with Crippen LogP contribution in [0.2, 0.25) is 0 Å². The van der Waals surface area contributed by atoms with Gasteiger partial charge in [-0.15, -0.1) is 0 Å². The van der Waals surface area contributed by atoms with Crippen LogP contribution in [0.3, 0.4) is 0 Å². The number of nitrogens with zero attached hydrogens (tertiary/aromatic N) is 3. The normalized spacial score (nSPS) is 22.2. The molecule has 0 bridgehead atoms. The lowest BCUT2D eigenvalue weighted by atomic mass is 10.1. The molecule has 0 radical (unpaired) electrons. The first-order chi connectivity index (χ1) is 7.81. The maximum atomic E-state index is 4.45. The molecule has 2 rings (SSSR count). The Bertz CT molecular complexity index is 326. The van der Waals surface area contributed by atoms with E-state index in [4.69, 9.17) is 0 Å². The van der Waals surface area contributed by atoms with E-state index in [-0.39, 0.29) is 0 Å². The van der Waals surface area contributed by atoms with E-state index < -0.39 is 0 Å². The summed E-state index contributed by atoms with van der Waals surface area (Å²) in [5.41, 5.74) is 0. The fraction of sp³-hybridized carbons (Fsp3) is 0.818. The van der Waals surface area contributed by atoms with Gasteiger partial charge in [0.2, 0.25) is 5.13 Å². The number of anilines is 1. The summed E-state index contributed by atoms with van der Waals surface area (Å²) in [4.78, 5) is 6.94. The van der Waals surface area contributed by atoms with E-state index in [1.807, 2.05) is 0 Å². The van der Waals surface area contributed by atoms with Crippen molar-refractivity contribution in [3.05, 3.63) is 5.82 Å². The van der Waals surface area contributed by atoms with Crippen molar-refractivity contribution in [3.8, 4) is 0 Å². The Morgan fingerprint density at radius 2 is 2.38 bits per heavy atom. The summed E-state index contributed by atoms with van der Waals surface area (Å²) in [5, 5.41) is 4.49. The van der Waals surface area contributed by atoms with Crippen molar-refractivity contribution in [2.24, 2.45) is 0 Å². The van der Waals surface area contributed by atoms with Crippen LogP contribution < -0.4 is 5.32 Å². The number of piperidine rings is 1. The van der Waals surface area contributed by atoms with Gasteiger partial charge in [-0.1, -0.05) is 13.8 Å². The van der Waals surface area contributed by atoms with Crippen molar-refractivity contribution >= 4 is 16.7 Å². The van der Waals surface area contributed by atoms with Crippen molar-refractivity contribution in [1.82, 2.24) is 14.3 Å². The molecular weight excluding hydrogens is 220 g/mol. The summed E-state index contributed by atoms with van der Waals surface area (Å²) in [5.74, 6) is 0.954. The third-order valence-electron chi connectivity index (χ3n) is 3.06. The summed E-state index contributed by atoms with van der Waals surface area (Å²) in [6.07, 6.45) is 3.45. The molecule has 5 heteroatoms. The van der Waals surface area contributed by atoms with E-state index in [9.17, 15) is 0 Å². The summed E-state index contributed by atoms with van der Waals surface area (Å²) < 4.78 is 4.29. The van der Waals surface area contributed by atoms with Gasteiger partial charge in [0.15, 0.2) is 0 Å². The van der Waals surface area contributed by atoms with Gasteiger partial charge in [0, 0.05) is 30.5 Å². The van der Waals surface area contributed by atoms with Gasteiger partial charge in [0.1, 0.15) is 5.82 Å². The van der Waals surface area contributed by atoms with Gasteiger partial charge in [0.05, 0.1) is 0 Å². The number of hydrogen-bond acceptors (Lipinski definition) is 5. The SMILES string of the molecule is CCc1nsc(N[C@H]2CCCN(CC)C2)n1. The highest BCUT2D eigenvalue weighted by molar-refractivity contribution is 7.09. The molecule has 90 valence electrons. The predicted octanol–water partition coefficient (Wildman–Crippen LogP) is 2.00. The maximum absolute atomic E-state index is 4.45. The van der Waals surface area contributed by atoms with E-state index in [0.29, 0.717) is 6.04 Å². The molecule has 1 saturated heterocycles. The number of aryl methyl sites for hydroxylation is 1. The first kappa shape index (κ1) is 11.8. The van der Waals surface area contributed by atoms with Crippen LogP contribution in [0.5, 0.6) is 0 Å². The summed E-state index contributed by atoms with van der Waals surface area (Å²) in [6.45, 7) is 7.84. The van der Waals surface area contributed by atoms with Crippen molar-refractivity contribution in [3.63, 3.8) is 0 Å². The van der Waals surface area contributed by atoms with E-state index in [0.717, 1.165) is 30.5 Å². The predicted molar refractivity (Wildman–Crippen MR) is 68.0 cm³/mol. The van der Waals surface area contributed by atoms with Gasteiger partial charge >= 0.3 is 0 Å². The van der Waals surface area contributed by atoms with Crippen LogP contribution in [0, 0.1) is 0 Å². The van der Waals surface area contributed by atoms with Gasteiger partial charge in [0.25, 0.3) is 0 Å². The first-order valence-corrected chi connectivity index (χ1v) is 6.90. The molecule has 1 aromatic heterocycles. The molecule has 1 aliphatic heterocycles. The number of nitrogens with one attached hydrogen (secondary N) is 1. The molecule has 1 aliphatic rings. The molecular formula is C11H20N4S. The average molecular weight is 240 g/mol. The average Bonchev–Trinajstić information content (AvgIpc) is 2.77. The van der Waals surface area contributed by atoms with Crippen LogP contribution in [0.25, 0.3) is 0 Å². The second-order valence-electron chi connectivity index (χ2n) is 4.25. The zero-order valence-corrected chi connectivity index (χ0v) is 10.9. The second-order valence-corrected chi connectivity index (χ2v) is 5.00. The molecule has 0 unspecified atom stereocenters. The third-order valence-corrected chi connectivity index (χ3v) is 3.75. The van der Waals surface area contributed by atoms with E-state index in [1.54, 1.807) is 0 Å². The van der Waals surface area contributed by atoms with Crippen LogP contribution in [-0.4, -0.2) is 39.9 Å². The summed E-state index contributed by atoms with van der Waals surface area (Å²) in [7, 11) is 0. The number of hydrogen-bond donors (Lipinski definition) is 1. The summed E-state index contributed by atoms with van der Waals surface area (Å²) in [6, 6.07) is 0.548. The van der Waals surface area contributed by atoms with Crippen LogP contribution in [0.4, 0.5) is 5.13 Å². The smallest absolute Gasteiger partial charge is 0.202 e. The van der Waals surface area contributed by atoms with Gasteiger partial charge in [-0.05, 0) is 25.9 Å². The largest absolute Gasteiger partial charge is 0.356 e. The first-order valence-electron chi connectivity index (χ1n) is 6.13. The van der Waals surface area contributed by atoms with E-state index in [1.165, 1.54) is 30.9 Å². The zero-order chi connectivity index (χ0) is 11.4. The van der Waals surface area contributed by atoms with Crippen LogP contribution >= 0.6 is 11.5 Å². The molecule has 2 heterocycles. The zero-order valence-electron chi connectivity index (χ0n) is 10.1. The van der Waals surface area contributed by atoms with Crippen molar-refractivity contribution in [1.29, 1.82) is 0 Å². The van der Waals surface area contributed by atoms with Gasteiger partial charge < -0.3 is 10.2 Å². The topological polar surface area (TPSA) is 41.1 Å². The molecule has 0 saturated carbocycles. The Hall–Kier alpha value is -0.680. The second kappa shape index (κ2) is 5.59. The molecule has 0 aliphatic carbocycles. The van der Waals surface area contributed by atoms with Crippen LogP contribution in [0.1, 0.15) is 32.5 Å². The molecule has 1 aromatic rings. The lowest BCUT2D eigenvalue weighted by Crippen LogP contribution is -2.41. The minimum absolute atomic E-state index is 0.548. The molecule has 16 heavy (non-hydrogen) atoms. The Morgan fingerprint density at radius 1 is 1.50 bits per heavy atom. The Morgan fingerprint density at radius 3 is 3.06 bits per heavy atom. The van der Waals surface area contributed by atoms with Crippen molar-refractivity contribution in [2.45, 2.75) is 39.2 Å². The minimum atomic E-state index is 0.548. The fourth-order valence-corrected chi connectivity index (χ4v) is 2.82. The van der Waals surface area contributed by atoms with Crippen molar-refractivity contribution < 1.29 is 0 Å². The monoisotopic (exact) mass is 240 g/mol. The standard InChI is InChI=1S/C11H20N4S/c1-3-10-13-11(16-14-10)12-9-6-5-7-15(4-2)8-9/h9H,3-8H2,1-2H3,(H,12,13,14)/t9-/m0/s1. The fourth-order valence-electron chi connectivity index (χ4n) is 2.09.